The van der Waals surface area contributed by atoms with E-state index in [0.29, 0.717) is 12.4 Å². The van der Waals surface area contributed by atoms with Gasteiger partial charge >= 0.3 is 5.97 Å². The van der Waals surface area contributed by atoms with Gasteiger partial charge in [0.05, 0.1) is 13.7 Å². The number of allylic oxidation sites excluding steroid dienone is 1. The molecule has 0 atom stereocenters. The van der Waals surface area contributed by atoms with Gasteiger partial charge in [0.2, 0.25) is 5.76 Å². The lowest BCUT2D eigenvalue weighted by Crippen LogP contribution is -2.09. The van der Waals surface area contributed by atoms with Crippen LogP contribution in [0.25, 0.3) is 0 Å². The van der Waals surface area contributed by atoms with Gasteiger partial charge in [-0.05, 0) is 26.3 Å². The van der Waals surface area contributed by atoms with Gasteiger partial charge in [0.15, 0.2) is 0 Å². The highest BCUT2D eigenvalue weighted by atomic mass is 16.6. The van der Waals surface area contributed by atoms with E-state index in [2.05, 4.69) is 4.74 Å². The smallest absolute Gasteiger partial charge is 0.373 e. The molecule has 0 saturated carbocycles. The fourth-order valence-corrected chi connectivity index (χ4v) is 0.644. The van der Waals surface area contributed by atoms with Crippen molar-refractivity contribution in [1.82, 2.24) is 0 Å². The van der Waals surface area contributed by atoms with E-state index in [9.17, 15) is 4.79 Å². The summed E-state index contributed by atoms with van der Waals surface area (Å²) < 4.78 is 9.57. The lowest BCUT2D eigenvalue weighted by Gasteiger charge is -2.07. The van der Waals surface area contributed by atoms with E-state index in [1.807, 2.05) is 20.8 Å². The minimum absolute atomic E-state index is 0.315. The van der Waals surface area contributed by atoms with Gasteiger partial charge in [-0.25, -0.2) is 4.79 Å². The largest absolute Gasteiger partial charge is 0.487 e. The van der Waals surface area contributed by atoms with Crippen LogP contribution in [0.1, 0.15) is 20.8 Å². The molecule has 0 aliphatic rings. The van der Waals surface area contributed by atoms with Crippen molar-refractivity contribution in [2.45, 2.75) is 20.8 Å². The highest BCUT2D eigenvalue weighted by molar-refractivity contribution is 5.86. The molecule has 0 heterocycles. The van der Waals surface area contributed by atoms with Crippen molar-refractivity contribution >= 4 is 5.97 Å². The van der Waals surface area contributed by atoms with Crippen molar-refractivity contribution in [3.05, 3.63) is 11.3 Å². The third-order valence-electron chi connectivity index (χ3n) is 1.11. The number of carbonyl (C=O) groups is 1. The number of hydrogen-bond donors (Lipinski definition) is 0. The fourth-order valence-electron chi connectivity index (χ4n) is 0.644. The zero-order valence-electron chi connectivity index (χ0n) is 7.43. The van der Waals surface area contributed by atoms with Crippen LogP contribution in [0.4, 0.5) is 0 Å². The molecule has 11 heavy (non-hydrogen) atoms. The molecule has 0 fully saturated rings. The molecule has 0 radical (unpaired) electrons. The Labute approximate surface area is 67.0 Å². The lowest BCUT2D eigenvalue weighted by molar-refractivity contribution is -0.140. The third kappa shape index (κ3) is 3.07. The van der Waals surface area contributed by atoms with Gasteiger partial charge in [-0.15, -0.1) is 0 Å². The normalized spacial score (nSPS) is 8.73. The summed E-state index contributed by atoms with van der Waals surface area (Å²) in [4.78, 5) is 10.9. The second-order valence-corrected chi connectivity index (χ2v) is 2.25. The number of methoxy groups -OCH3 is 1. The molecule has 0 saturated heterocycles. The maximum absolute atomic E-state index is 10.9. The highest BCUT2D eigenvalue weighted by Gasteiger charge is 2.11. The van der Waals surface area contributed by atoms with Crippen LogP contribution in [0.5, 0.6) is 0 Å². The molecule has 64 valence electrons. The molecule has 0 bridgehead atoms. The SMILES string of the molecule is CCOC(C(=O)OC)=C(C)C. The third-order valence-corrected chi connectivity index (χ3v) is 1.11. The molecule has 0 aliphatic heterocycles. The van der Waals surface area contributed by atoms with Crippen molar-refractivity contribution in [2.75, 3.05) is 13.7 Å². The lowest BCUT2D eigenvalue weighted by atomic mass is 10.3. The van der Waals surface area contributed by atoms with E-state index >= 15 is 0 Å². The molecule has 0 unspecified atom stereocenters. The maximum atomic E-state index is 10.9. The van der Waals surface area contributed by atoms with E-state index < -0.39 is 5.97 Å². The van der Waals surface area contributed by atoms with Gasteiger partial charge in [0.1, 0.15) is 0 Å². The zero-order valence-corrected chi connectivity index (χ0v) is 7.43. The van der Waals surface area contributed by atoms with Crippen LogP contribution < -0.4 is 0 Å². The Kier molecular flexibility index (Phi) is 4.34. The van der Waals surface area contributed by atoms with Crippen LogP contribution in [0.3, 0.4) is 0 Å². The molecule has 0 rings (SSSR count). The Balaban J connectivity index is 4.36. The summed E-state index contributed by atoms with van der Waals surface area (Å²) in [5, 5.41) is 0. The van der Waals surface area contributed by atoms with E-state index in [4.69, 9.17) is 4.74 Å². The van der Waals surface area contributed by atoms with E-state index in [1.54, 1.807) is 0 Å². The summed E-state index contributed by atoms with van der Waals surface area (Å²) in [7, 11) is 1.34. The first-order valence-electron chi connectivity index (χ1n) is 3.52. The molecule has 3 nitrogen and oxygen atoms in total. The predicted octanol–water partition coefficient (Wildman–Crippen LogP) is 1.49. The number of ether oxygens (including phenoxy) is 2. The minimum atomic E-state index is -0.410. The summed E-state index contributed by atoms with van der Waals surface area (Å²) in [5.41, 5.74) is 0.832. The molecule has 0 amide bonds. The highest BCUT2D eigenvalue weighted by Crippen LogP contribution is 2.06. The first kappa shape index (κ1) is 10.0. The summed E-state index contributed by atoms with van der Waals surface area (Å²) >= 11 is 0. The average molecular weight is 158 g/mol. The second-order valence-electron chi connectivity index (χ2n) is 2.25. The first-order chi connectivity index (χ1) is 5.13. The molecule has 0 aromatic heterocycles. The van der Waals surface area contributed by atoms with Crippen molar-refractivity contribution < 1.29 is 14.3 Å². The Morgan fingerprint density at radius 3 is 2.18 bits per heavy atom. The summed E-state index contributed by atoms with van der Waals surface area (Å²) in [6.45, 7) is 5.92. The van der Waals surface area contributed by atoms with Crippen LogP contribution in [0.15, 0.2) is 11.3 Å². The van der Waals surface area contributed by atoms with E-state index in [1.165, 1.54) is 7.11 Å². The Morgan fingerprint density at radius 2 is 1.91 bits per heavy atom. The fraction of sp³-hybridized carbons (Fsp3) is 0.625. The van der Waals surface area contributed by atoms with Crippen LogP contribution >= 0.6 is 0 Å². The van der Waals surface area contributed by atoms with Crippen molar-refractivity contribution in [3.8, 4) is 0 Å². The van der Waals surface area contributed by atoms with Gasteiger partial charge in [-0.3, -0.25) is 0 Å². The molecule has 0 aromatic rings. The number of hydrogen-bond acceptors (Lipinski definition) is 3. The summed E-state index contributed by atoms with van der Waals surface area (Å²) in [5.74, 6) is -0.0955. The molecule has 0 spiro atoms. The van der Waals surface area contributed by atoms with Crippen LogP contribution in [-0.2, 0) is 14.3 Å². The Bertz CT molecular complexity index is 166. The summed E-state index contributed by atoms with van der Waals surface area (Å²) in [6.07, 6.45) is 0. The standard InChI is InChI=1S/C8H14O3/c1-5-11-7(6(2)3)8(9)10-4/h5H2,1-4H3. The van der Waals surface area contributed by atoms with Crippen molar-refractivity contribution in [2.24, 2.45) is 0 Å². The number of rotatable bonds is 3. The van der Waals surface area contributed by atoms with Gasteiger partial charge in [-0.2, -0.15) is 0 Å². The van der Waals surface area contributed by atoms with Crippen molar-refractivity contribution in [1.29, 1.82) is 0 Å². The van der Waals surface area contributed by atoms with E-state index in [0.717, 1.165) is 5.57 Å². The van der Waals surface area contributed by atoms with Gasteiger partial charge in [0, 0.05) is 0 Å². The first-order valence-corrected chi connectivity index (χ1v) is 3.52. The van der Waals surface area contributed by atoms with E-state index in [-0.39, 0.29) is 0 Å². The molecular formula is C8H14O3. The monoisotopic (exact) mass is 158 g/mol. The topological polar surface area (TPSA) is 35.5 Å². The Hall–Kier alpha value is -0.990. The molecule has 0 N–H and O–H groups in total. The predicted molar refractivity (Wildman–Crippen MR) is 42.0 cm³/mol. The van der Waals surface area contributed by atoms with Gasteiger partial charge in [-0.1, -0.05) is 0 Å². The van der Waals surface area contributed by atoms with Crippen LogP contribution in [0.2, 0.25) is 0 Å². The van der Waals surface area contributed by atoms with Crippen molar-refractivity contribution in [3.63, 3.8) is 0 Å². The minimum Gasteiger partial charge on any atom is -0.487 e. The maximum Gasteiger partial charge on any atom is 0.373 e. The summed E-state index contributed by atoms with van der Waals surface area (Å²) in [6, 6.07) is 0. The Morgan fingerprint density at radius 1 is 1.36 bits per heavy atom. The quantitative estimate of drug-likeness (QED) is 0.354. The van der Waals surface area contributed by atoms with Crippen LogP contribution in [-0.4, -0.2) is 19.7 Å². The second kappa shape index (κ2) is 4.77. The van der Waals surface area contributed by atoms with Gasteiger partial charge < -0.3 is 9.47 Å². The molecule has 0 aliphatic carbocycles. The van der Waals surface area contributed by atoms with Gasteiger partial charge in [0.25, 0.3) is 0 Å². The number of esters is 1. The number of carbonyl (C=O) groups excluding carboxylic acids is 1. The molecular weight excluding hydrogens is 144 g/mol. The zero-order chi connectivity index (χ0) is 8.85. The molecule has 0 aromatic carbocycles. The molecule has 3 heteroatoms. The van der Waals surface area contributed by atoms with Crippen LogP contribution in [0, 0.1) is 0 Å². The average Bonchev–Trinajstić information content (AvgIpc) is 1.98.